The van der Waals surface area contributed by atoms with Crippen LogP contribution in [0.2, 0.25) is 0 Å². The number of pyridine rings is 1. The Morgan fingerprint density at radius 3 is 2.29 bits per heavy atom. The van der Waals surface area contributed by atoms with Gasteiger partial charge in [0.25, 0.3) is 0 Å². The average Bonchev–Trinajstić information content (AvgIpc) is 2.94. The van der Waals surface area contributed by atoms with Crippen molar-refractivity contribution in [3.63, 3.8) is 0 Å². The third kappa shape index (κ3) is 3.63. The Balaban J connectivity index is 1.52. The van der Waals surface area contributed by atoms with E-state index >= 15 is 0 Å². The molecule has 28 heavy (non-hydrogen) atoms. The molecule has 2 aromatic rings. The number of aromatic nitrogens is 1. The number of carbonyl (C=O) groups excluding carboxylic acids is 1. The lowest BCUT2D eigenvalue weighted by Crippen LogP contribution is -2.53. The molecule has 2 aliphatic heterocycles. The van der Waals surface area contributed by atoms with Crippen LogP contribution in [0, 0.1) is 0 Å². The van der Waals surface area contributed by atoms with E-state index < -0.39 is 11.2 Å². The van der Waals surface area contributed by atoms with E-state index in [2.05, 4.69) is 4.98 Å². The molecule has 0 aliphatic carbocycles. The van der Waals surface area contributed by atoms with Crippen LogP contribution >= 0.6 is 0 Å². The van der Waals surface area contributed by atoms with Crippen LogP contribution in [0.4, 0.5) is 4.79 Å². The molecule has 5 nitrogen and oxygen atoms in total. The first-order chi connectivity index (χ1) is 13.3. The van der Waals surface area contributed by atoms with Crippen LogP contribution in [0.3, 0.4) is 0 Å². The highest BCUT2D eigenvalue weighted by atomic mass is 16.6. The van der Waals surface area contributed by atoms with Gasteiger partial charge in [-0.1, -0.05) is 30.3 Å². The van der Waals surface area contributed by atoms with Gasteiger partial charge in [0.1, 0.15) is 5.60 Å². The number of ether oxygens (including phenoxy) is 1. The van der Waals surface area contributed by atoms with Crippen molar-refractivity contribution < 1.29 is 14.6 Å². The minimum absolute atomic E-state index is 0.0223. The quantitative estimate of drug-likeness (QED) is 0.833. The second-order valence-electron chi connectivity index (χ2n) is 9.00. The molecule has 3 heterocycles. The van der Waals surface area contributed by atoms with Crippen molar-refractivity contribution in [2.24, 2.45) is 0 Å². The summed E-state index contributed by atoms with van der Waals surface area (Å²) in [5.41, 5.74) is 1.44. The molecule has 2 bridgehead atoms. The van der Waals surface area contributed by atoms with E-state index in [1.807, 2.05) is 68.1 Å². The third-order valence-electron chi connectivity index (χ3n) is 5.75. The summed E-state index contributed by atoms with van der Waals surface area (Å²) in [6, 6.07) is 13.9. The number of carbonyl (C=O) groups is 1. The van der Waals surface area contributed by atoms with Crippen molar-refractivity contribution in [2.75, 3.05) is 0 Å². The predicted molar refractivity (Wildman–Crippen MR) is 108 cm³/mol. The Kier molecular flexibility index (Phi) is 4.66. The molecule has 148 valence electrons. The van der Waals surface area contributed by atoms with Crippen molar-refractivity contribution in [3.05, 3.63) is 54.2 Å². The van der Waals surface area contributed by atoms with Gasteiger partial charge in [0.05, 0.1) is 11.3 Å². The smallest absolute Gasteiger partial charge is 0.410 e. The van der Waals surface area contributed by atoms with Crippen LogP contribution in [0.5, 0.6) is 0 Å². The Bertz CT molecular complexity index is 828. The molecule has 2 aliphatic rings. The van der Waals surface area contributed by atoms with Crippen molar-refractivity contribution in [1.82, 2.24) is 9.88 Å². The molecule has 1 aromatic carbocycles. The Hall–Kier alpha value is -2.40. The van der Waals surface area contributed by atoms with Crippen LogP contribution in [0.15, 0.2) is 48.7 Å². The van der Waals surface area contributed by atoms with Gasteiger partial charge in [-0.25, -0.2) is 4.79 Å². The summed E-state index contributed by atoms with van der Waals surface area (Å²) < 4.78 is 5.60. The monoisotopic (exact) mass is 380 g/mol. The molecule has 4 rings (SSSR count). The fourth-order valence-corrected chi connectivity index (χ4v) is 4.56. The van der Waals surface area contributed by atoms with Crippen LogP contribution in [-0.2, 0) is 10.3 Å². The highest BCUT2D eigenvalue weighted by Crippen LogP contribution is 2.46. The molecule has 0 radical (unpaired) electrons. The van der Waals surface area contributed by atoms with E-state index in [9.17, 15) is 9.90 Å². The number of hydrogen-bond donors (Lipinski definition) is 1. The first kappa shape index (κ1) is 18.9. The summed E-state index contributed by atoms with van der Waals surface area (Å²) in [4.78, 5) is 18.9. The summed E-state index contributed by atoms with van der Waals surface area (Å²) >= 11 is 0. The normalized spacial score (nSPS) is 26.9. The molecule has 2 fully saturated rings. The second-order valence-corrected chi connectivity index (χ2v) is 9.00. The summed E-state index contributed by atoms with van der Waals surface area (Å²) in [5.74, 6) is 0. The minimum atomic E-state index is -0.910. The zero-order chi connectivity index (χ0) is 19.9. The van der Waals surface area contributed by atoms with E-state index in [4.69, 9.17) is 4.74 Å². The van der Waals surface area contributed by atoms with Crippen molar-refractivity contribution in [1.29, 1.82) is 0 Å². The van der Waals surface area contributed by atoms with E-state index in [1.54, 1.807) is 6.20 Å². The number of benzene rings is 1. The molecular weight excluding hydrogens is 352 g/mol. The van der Waals surface area contributed by atoms with Gasteiger partial charge in [0, 0.05) is 36.7 Å². The Morgan fingerprint density at radius 1 is 1.11 bits per heavy atom. The van der Waals surface area contributed by atoms with Crippen LogP contribution in [0.25, 0.3) is 11.3 Å². The van der Waals surface area contributed by atoms with Crippen molar-refractivity contribution in [3.8, 4) is 11.3 Å². The molecule has 2 saturated heterocycles. The van der Waals surface area contributed by atoms with E-state index in [0.29, 0.717) is 12.8 Å². The fourth-order valence-electron chi connectivity index (χ4n) is 4.56. The van der Waals surface area contributed by atoms with Crippen molar-refractivity contribution >= 4 is 6.09 Å². The van der Waals surface area contributed by atoms with Gasteiger partial charge in [0.15, 0.2) is 0 Å². The molecule has 1 N–H and O–H groups in total. The van der Waals surface area contributed by atoms with Gasteiger partial charge in [0.2, 0.25) is 0 Å². The maximum Gasteiger partial charge on any atom is 0.410 e. The SMILES string of the molecule is CC(C)(C)OC(=O)N1C2CCC1CC(O)(c1ccc(-c3ccccn3)cc1)C2. The number of fused-ring (bicyclic) bond motifs is 2. The molecule has 2 atom stereocenters. The Labute approximate surface area is 166 Å². The number of rotatable bonds is 2. The molecule has 1 amide bonds. The maximum atomic E-state index is 12.6. The van der Waals surface area contributed by atoms with Gasteiger partial charge in [-0.3, -0.25) is 4.98 Å². The standard InChI is InChI=1S/C23H28N2O3/c1-22(2,3)28-21(26)25-18-11-12-19(25)15-23(27,14-18)17-9-7-16(8-10-17)20-6-4-5-13-24-20/h4-10,13,18-19,27H,11-12,14-15H2,1-3H3. The molecule has 2 unspecified atom stereocenters. The lowest BCUT2D eigenvalue weighted by atomic mass is 9.80. The zero-order valence-electron chi connectivity index (χ0n) is 16.8. The first-order valence-electron chi connectivity index (χ1n) is 10.0. The topological polar surface area (TPSA) is 62.7 Å². The lowest BCUT2D eigenvalue weighted by Gasteiger charge is -2.44. The number of piperidine rings is 1. The van der Waals surface area contributed by atoms with Gasteiger partial charge < -0.3 is 14.7 Å². The van der Waals surface area contributed by atoms with Gasteiger partial charge in [-0.15, -0.1) is 0 Å². The van der Waals surface area contributed by atoms with E-state index in [0.717, 1.165) is 29.7 Å². The molecule has 5 heteroatoms. The number of amides is 1. The minimum Gasteiger partial charge on any atom is -0.444 e. The average molecular weight is 380 g/mol. The maximum absolute atomic E-state index is 12.6. The predicted octanol–water partition coefficient (Wildman–Crippen LogP) is 4.50. The van der Waals surface area contributed by atoms with Crippen LogP contribution in [-0.4, -0.2) is 38.8 Å². The van der Waals surface area contributed by atoms with Gasteiger partial charge in [-0.05, 0) is 51.3 Å². The number of hydrogen-bond acceptors (Lipinski definition) is 4. The summed E-state index contributed by atoms with van der Waals surface area (Å²) in [6.07, 6.45) is 4.45. The highest BCUT2D eigenvalue weighted by Gasteiger charge is 2.51. The summed E-state index contributed by atoms with van der Waals surface area (Å²) in [7, 11) is 0. The fraction of sp³-hybridized carbons (Fsp3) is 0.478. The first-order valence-corrected chi connectivity index (χ1v) is 10.0. The van der Waals surface area contributed by atoms with Crippen LogP contribution in [0.1, 0.15) is 52.0 Å². The van der Waals surface area contributed by atoms with E-state index in [-0.39, 0.29) is 18.2 Å². The molecule has 1 aromatic heterocycles. The van der Waals surface area contributed by atoms with E-state index in [1.165, 1.54) is 0 Å². The van der Waals surface area contributed by atoms with Crippen molar-refractivity contribution in [2.45, 2.75) is 69.7 Å². The number of aliphatic hydroxyl groups is 1. The van der Waals surface area contributed by atoms with Gasteiger partial charge >= 0.3 is 6.09 Å². The summed E-state index contributed by atoms with van der Waals surface area (Å²) in [6.45, 7) is 5.66. The van der Waals surface area contributed by atoms with Gasteiger partial charge in [-0.2, -0.15) is 0 Å². The Morgan fingerprint density at radius 2 is 1.75 bits per heavy atom. The van der Waals surface area contributed by atoms with Crippen LogP contribution < -0.4 is 0 Å². The molecular formula is C23H28N2O3. The molecule has 0 saturated carbocycles. The largest absolute Gasteiger partial charge is 0.444 e. The second kappa shape index (κ2) is 6.89. The molecule has 0 spiro atoms. The number of nitrogens with zero attached hydrogens (tertiary/aromatic N) is 2. The third-order valence-corrected chi connectivity index (χ3v) is 5.75. The lowest BCUT2D eigenvalue weighted by molar-refractivity contribution is -0.0624. The highest BCUT2D eigenvalue weighted by molar-refractivity contribution is 5.70. The zero-order valence-corrected chi connectivity index (χ0v) is 16.8. The summed E-state index contributed by atoms with van der Waals surface area (Å²) in [5, 5.41) is 11.4.